The first kappa shape index (κ1) is 12.8. The highest BCUT2D eigenvalue weighted by molar-refractivity contribution is 5.73. The minimum Gasteiger partial charge on any atom is -0.468 e. The van der Waals surface area contributed by atoms with Crippen molar-refractivity contribution in [2.75, 3.05) is 32.2 Å². The number of ether oxygens (including phenoxy) is 2. The standard InChI is InChI=1S/C12H17N3O3/c1-17-11(16)8-15-12-13-6-10(7-14-12)9-2-4-18-5-3-9/h6-7,9H,2-5,8H2,1H3,(H,13,14,15). The summed E-state index contributed by atoms with van der Waals surface area (Å²) in [4.78, 5) is 19.3. The van der Waals surface area contributed by atoms with Crippen LogP contribution in [-0.2, 0) is 14.3 Å². The molecule has 0 bridgehead atoms. The molecule has 0 saturated carbocycles. The first-order chi connectivity index (χ1) is 8.79. The van der Waals surface area contributed by atoms with Gasteiger partial charge in [0.1, 0.15) is 6.54 Å². The highest BCUT2D eigenvalue weighted by Crippen LogP contribution is 2.25. The van der Waals surface area contributed by atoms with Gasteiger partial charge < -0.3 is 14.8 Å². The van der Waals surface area contributed by atoms with Gasteiger partial charge in [-0.05, 0) is 24.3 Å². The summed E-state index contributed by atoms with van der Waals surface area (Å²) >= 11 is 0. The number of aromatic nitrogens is 2. The van der Waals surface area contributed by atoms with Gasteiger partial charge in [-0.2, -0.15) is 0 Å². The van der Waals surface area contributed by atoms with Crippen LogP contribution in [0.25, 0.3) is 0 Å². The average molecular weight is 251 g/mol. The lowest BCUT2D eigenvalue weighted by molar-refractivity contribution is -0.138. The predicted octanol–water partition coefficient (Wildman–Crippen LogP) is 0.955. The van der Waals surface area contributed by atoms with Crippen LogP contribution in [0.15, 0.2) is 12.4 Å². The summed E-state index contributed by atoms with van der Waals surface area (Å²) < 4.78 is 9.84. The molecule has 2 heterocycles. The van der Waals surface area contributed by atoms with Gasteiger partial charge in [0.2, 0.25) is 5.95 Å². The van der Waals surface area contributed by atoms with Crippen LogP contribution < -0.4 is 5.32 Å². The molecular weight excluding hydrogens is 234 g/mol. The Hall–Kier alpha value is -1.69. The highest BCUT2D eigenvalue weighted by atomic mass is 16.5. The van der Waals surface area contributed by atoms with Crippen molar-refractivity contribution in [3.63, 3.8) is 0 Å². The quantitative estimate of drug-likeness (QED) is 0.803. The molecular formula is C12H17N3O3. The number of hydrogen-bond acceptors (Lipinski definition) is 6. The van der Waals surface area contributed by atoms with Crippen LogP contribution in [0.2, 0.25) is 0 Å². The summed E-state index contributed by atoms with van der Waals surface area (Å²) in [5, 5.41) is 2.80. The lowest BCUT2D eigenvalue weighted by Gasteiger charge is -2.21. The second-order valence-electron chi connectivity index (χ2n) is 4.16. The molecule has 1 N–H and O–H groups in total. The number of carbonyl (C=O) groups is 1. The van der Waals surface area contributed by atoms with Crippen molar-refractivity contribution in [3.05, 3.63) is 18.0 Å². The fraction of sp³-hybridized carbons (Fsp3) is 0.583. The number of esters is 1. The van der Waals surface area contributed by atoms with Crippen LogP contribution in [0, 0.1) is 0 Å². The van der Waals surface area contributed by atoms with E-state index >= 15 is 0 Å². The third kappa shape index (κ3) is 3.40. The molecule has 0 aromatic carbocycles. The second kappa shape index (κ2) is 6.30. The number of anilines is 1. The summed E-state index contributed by atoms with van der Waals surface area (Å²) in [6, 6.07) is 0. The Balaban J connectivity index is 1.90. The summed E-state index contributed by atoms with van der Waals surface area (Å²) in [6.07, 6.45) is 5.64. The van der Waals surface area contributed by atoms with E-state index < -0.39 is 0 Å². The number of carbonyl (C=O) groups excluding carboxylic acids is 1. The van der Waals surface area contributed by atoms with E-state index in [1.54, 1.807) is 0 Å². The topological polar surface area (TPSA) is 73.3 Å². The summed E-state index contributed by atoms with van der Waals surface area (Å²) in [7, 11) is 1.35. The zero-order valence-electron chi connectivity index (χ0n) is 10.4. The molecule has 1 aromatic heterocycles. The van der Waals surface area contributed by atoms with Crippen LogP contribution in [0.4, 0.5) is 5.95 Å². The van der Waals surface area contributed by atoms with E-state index in [0.29, 0.717) is 11.9 Å². The van der Waals surface area contributed by atoms with Gasteiger partial charge >= 0.3 is 5.97 Å². The Bertz CT molecular complexity index is 388. The van der Waals surface area contributed by atoms with Crippen molar-refractivity contribution in [2.45, 2.75) is 18.8 Å². The number of methoxy groups -OCH3 is 1. The molecule has 0 atom stereocenters. The number of nitrogens with one attached hydrogen (secondary N) is 1. The molecule has 18 heavy (non-hydrogen) atoms. The Kier molecular flexibility index (Phi) is 4.46. The average Bonchev–Trinajstić information content (AvgIpc) is 2.46. The van der Waals surface area contributed by atoms with Gasteiger partial charge in [0.25, 0.3) is 0 Å². The van der Waals surface area contributed by atoms with E-state index in [4.69, 9.17) is 4.74 Å². The molecule has 0 unspecified atom stereocenters. The molecule has 6 heteroatoms. The smallest absolute Gasteiger partial charge is 0.325 e. The van der Waals surface area contributed by atoms with Gasteiger partial charge in [0.15, 0.2) is 0 Å². The Morgan fingerprint density at radius 3 is 2.72 bits per heavy atom. The molecule has 1 aromatic rings. The molecule has 1 saturated heterocycles. The molecule has 6 nitrogen and oxygen atoms in total. The maximum Gasteiger partial charge on any atom is 0.325 e. The first-order valence-corrected chi connectivity index (χ1v) is 6.00. The number of rotatable bonds is 4. The van der Waals surface area contributed by atoms with E-state index in [9.17, 15) is 4.79 Å². The van der Waals surface area contributed by atoms with E-state index in [1.165, 1.54) is 7.11 Å². The molecule has 0 radical (unpaired) electrons. The van der Waals surface area contributed by atoms with Crippen LogP contribution >= 0.6 is 0 Å². The van der Waals surface area contributed by atoms with Crippen molar-refractivity contribution in [1.82, 2.24) is 9.97 Å². The van der Waals surface area contributed by atoms with Crippen molar-refractivity contribution in [3.8, 4) is 0 Å². The lowest BCUT2D eigenvalue weighted by atomic mass is 9.94. The van der Waals surface area contributed by atoms with Crippen LogP contribution in [0.5, 0.6) is 0 Å². The van der Waals surface area contributed by atoms with Gasteiger partial charge in [-0.1, -0.05) is 0 Å². The molecule has 98 valence electrons. The monoisotopic (exact) mass is 251 g/mol. The van der Waals surface area contributed by atoms with Crippen molar-refractivity contribution in [2.24, 2.45) is 0 Å². The van der Waals surface area contributed by atoms with Crippen LogP contribution in [0.3, 0.4) is 0 Å². The predicted molar refractivity (Wildman–Crippen MR) is 65.3 cm³/mol. The second-order valence-corrected chi connectivity index (χ2v) is 4.16. The summed E-state index contributed by atoms with van der Waals surface area (Å²) in [5.41, 5.74) is 1.13. The van der Waals surface area contributed by atoms with E-state index in [1.807, 2.05) is 12.4 Å². The fourth-order valence-corrected chi connectivity index (χ4v) is 1.89. The number of nitrogens with zero attached hydrogens (tertiary/aromatic N) is 2. The van der Waals surface area contributed by atoms with Crippen molar-refractivity contribution in [1.29, 1.82) is 0 Å². The maximum atomic E-state index is 10.9. The lowest BCUT2D eigenvalue weighted by Crippen LogP contribution is -2.17. The SMILES string of the molecule is COC(=O)CNc1ncc(C2CCOCC2)cn1. The van der Waals surface area contributed by atoms with Crippen molar-refractivity contribution >= 4 is 11.9 Å². The van der Waals surface area contributed by atoms with Gasteiger partial charge in [-0.3, -0.25) is 4.79 Å². The summed E-state index contributed by atoms with van der Waals surface area (Å²) in [6.45, 7) is 1.67. The third-order valence-electron chi connectivity index (χ3n) is 2.98. The Morgan fingerprint density at radius 1 is 1.44 bits per heavy atom. The molecule has 0 amide bonds. The molecule has 2 rings (SSSR count). The minimum absolute atomic E-state index is 0.0765. The van der Waals surface area contributed by atoms with Gasteiger partial charge in [-0.15, -0.1) is 0 Å². The Labute approximate surface area is 106 Å². The van der Waals surface area contributed by atoms with E-state index in [-0.39, 0.29) is 12.5 Å². The van der Waals surface area contributed by atoms with Crippen LogP contribution in [-0.4, -0.2) is 42.8 Å². The van der Waals surface area contributed by atoms with Gasteiger partial charge in [-0.25, -0.2) is 9.97 Å². The Morgan fingerprint density at radius 2 is 2.11 bits per heavy atom. The first-order valence-electron chi connectivity index (χ1n) is 6.00. The zero-order chi connectivity index (χ0) is 12.8. The minimum atomic E-state index is -0.341. The number of hydrogen-bond donors (Lipinski definition) is 1. The molecule has 1 fully saturated rings. The highest BCUT2D eigenvalue weighted by Gasteiger charge is 2.16. The van der Waals surface area contributed by atoms with Crippen LogP contribution in [0.1, 0.15) is 24.3 Å². The molecule has 1 aliphatic rings. The fourth-order valence-electron chi connectivity index (χ4n) is 1.89. The van der Waals surface area contributed by atoms with Crippen molar-refractivity contribution < 1.29 is 14.3 Å². The van der Waals surface area contributed by atoms with E-state index in [2.05, 4.69) is 20.0 Å². The van der Waals surface area contributed by atoms with Gasteiger partial charge in [0, 0.05) is 25.6 Å². The normalized spacial score (nSPS) is 16.3. The summed E-state index contributed by atoms with van der Waals surface area (Å²) in [5.74, 6) is 0.580. The maximum absolute atomic E-state index is 10.9. The third-order valence-corrected chi connectivity index (χ3v) is 2.98. The largest absolute Gasteiger partial charge is 0.468 e. The van der Waals surface area contributed by atoms with E-state index in [0.717, 1.165) is 31.6 Å². The zero-order valence-corrected chi connectivity index (χ0v) is 10.4. The molecule has 0 aliphatic carbocycles. The van der Waals surface area contributed by atoms with Gasteiger partial charge in [0.05, 0.1) is 7.11 Å². The molecule has 1 aliphatic heterocycles. The molecule has 0 spiro atoms.